The first-order valence-corrected chi connectivity index (χ1v) is 10.3. The minimum atomic E-state index is 0.474. The molecule has 1 fully saturated rings. The Morgan fingerprint density at radius 3 is 2.92 bits per heavy atom. The van der Waals surface area contributed by atoms with Crippen LogP contribution in [0, 0.1) is 5.92 Å². The molecule has 1 aliphatic rings. The van der Waals surface area contributed by atoms with Crippen LogP contribution in [-0.2, 0) is 6.42 Å². The summed E-state index contributed by atoms with van der Waals surface area (Å²) in [4.78, 5) is 9.92. The maximum atomic E-state index is 6.06. The van der Waals surface area contributed by atoms with Crippen LogP contribution < -0.4 is 11.1 Å². The van der Waals surface area contributed by atoms with Crippen molar-refractivity contribution in [3.05, 3.63) is 44.8 Å². The molecule has 1 aliphatic heterocycles. The summed E-state index contributed by atoms with van der Waals surface area (Å²) in [6, 6.07) is 9.10. The number of nitrogens with one attached hydrogen (secondary N) is 1. The van der Waals surface area contributed by atoms with E-state index in [1.165, 1.54) is 22.6 Å². The van der Waals surface area contributed by atoms with E-state index >= 15 is 0 Å². The Labute approximate surface area is 152 Å². The Balaban J connectivity index is 1.53. The van der Waals surface area contributed by atoms with Gasteiger partial charge in [0, 0.05) is 28.9 Å². The van der Waals surface area contributed by atoms with E-state index in [1.54, 1.807) is 11.3 Å². The number of guanidine groups is 1. The number of rotatable bonds is 6. The lowest BCUT2D eigenvalue weighted by Gasteiger charge is -2.38. The van der Waals surface area contributed by atoms with Crippen molar-refractivity contribution in [3.8, 4) is 0 Å². The molecule has 0 radical (unpaired) electrons. The molecular weight excluding hydrogens is 336 g/mol. The van der Waals surface area contributed by atoms with E-state index < -0.39 is 0 Å². The normalized spacial score (nSPS) is 22.6. The number of hydrogen-bond donors (Lipinski definition) is 2. The van der Waals surface area contributed by atoms with Crippen molar-refractivity contribution in [2.75, 3.05) is 26.7 Å². The first-order valence-electron chi connectivity index (χ1n) is 8.54. The standard InChI is InChI=1S/C18H26N4S2/c1-22-10-2-5-14(17(22)16-7-4-12-24-16)13-21-18(19)20-9-8-15-6-3-11-23-15/h3-4,6-7,11-12,14,17H,2,5,8-10,13H2,1H3,(H3,19,20,21). The highest BCUT2D eigenvalue weighted by Crippen LogP contribution is 2.37. The van der Waals surface area contributed by atoms with Crippen molar-refractivity contribution in [3.63, 3.8) is 0 Å². The number of hydrogen-bond acceptors (Lipinski definition) is 4. The quantitative estimate of drug-likeness (QED) is 0.612. The van der Waals surface area contributed by atoms with Gasteiger partial charge >= 0.3 is 0 Å². The van der Waals surface area contributed by atoms with Gasteiger partial charge in [-0.1, -0.05) is 12.1 Å². The van der Waals surface area contributed by atoms with Gasteiger partial charge in [0.2, 0.25) is 0 Å². The van der Waals surface area contributed by atoms with Gasteiger partial charge in [0.25, 0.3) is 0 Å². The van der Waals surface area contributed by atoms with Crippen molar-refractivity contribution in [2.45, 2.75) is 25.3 Å². The number of nitrogens with zero attached hydrogens (tertiary/aromatic N) is 2. The van der Waals surface area contributed by atoms with E-state index in [9.17, 15) is 0 Å². The maximum absolute atomic E-state index is 6.06. The van der Waals surface area contributed by atoms with Gasteiger partial charge in [-0.15, -0.1) is 22.7 Å². The van der Waals surface area contributed by atoms with E-state index in [2.05, 4.69) is 57.3 Å². The molecule has 2 aromatic rings. The van der Waals surface area contributed by atoms with Crippen LogP contribution in [0.4, 0.5) is 0 Å². The number of likely N-dealkylation sites (tertiary alicyclic amines) is 1. The SMILES string of the molecule is CN1CCCC(CN=C(N)NCCc2cccs2)C1c1cccs1. The van der Waals surface area contributed by atoms with E-state index in [4.69, 9.17) is 5.73 Å². The Hall–Kier alpha value is -1.37. The van der Waals surface area contributed by atoms with Gasteiger partial charge in [-0.05, 0) is 61.7 Å². The van der Waals surface area contributed by atoms with Gasteiger partial charge in [-0.3, -0.25) is 9.89 Å². The van der Waals surface area contributed by atoms with Gasteiger partial charge < -0.3 is 11.1 Å². The summed E-state index contributed by atoms with van der Waals surface area (Å²) >= 11 is 3.63. The average Bonchev–Trinajstić information content (AvgIpc) is 3.26. The molecule has 3 N–H and O–H groups in total. The summed E-state index contributed by atoms with van der Waals surface area (Å²) in [7, 11) is 2.23. The molecule has 0 spiro atoms. The van der Waals surface area contributed by atoms with Crippen LogP contribution in [0.2, 0.25) is 0 Å². The predicted octanol–water partition coefficient (Wildman–Crippen LogP) is 3.34. The lowest BCUT2D eigenvalue weighted by atomic mass is 9.88. The highest BCUT2D eigenvalue weighted by Gasteiger charge is 2.30. The Morgan fingerprint density at radius 2 is 2.17 bits per heavy atom. The number of thiophene rings is 2. The highest BCUT2D eigenvalue weighted by molar-refractivity contribution is 7.10. The highest BCUT2D eigenvalue weighted by atomic mass is 32.1. The van der Waals surface area contributed by atoms with Crippen molar-refractivity contribution < 1.29 is 0 Å². The Bertz CT molecular complexity index is 622. The van der Waals surface area contributed by atoms with Crippen LogP contribution in [0.1, 0.15) is 28.6 Å². The second-order valence-corrected chi connectivity index (χ2v) is 8.34. The first-order chi connectivity index (χ1) is 11.7. The molecule has 6 heteroatoms. The van der Waals surface area contributed by atoms with Crippen LogP contribution in [0.15, 0.2) is 40.0 Å². The van der Waals surface area contributed by atoms with E-state index in [0.29, 0.717) is 17.9 Å². The summed E-state index contributed by atoms with van der Waals surface area (Å²) in [6.07, 6.45) is 3.46. The summed E-state index contributed by atoms with van der Waals surface area (Å²) in [5.74, 6) is 1.12. The molecule has 2 aromatic heterocycles. The number of piperidine rings is 1. The topological polar surface area (TPSA) is 53.6 Å². The van der Waals surface area contributed by atoms with Crippen LogP contribution >= 0.6 is 22.7 Å². The molecule has 0 amide bonds. The molecule has 0 saturated carbocycles. The van der Waals surface area contributed by atoms with Crippen LogP contribution in [0.5, 0.6) is 0 Å². The zero-order valence-electron chi connectivity index (χ0n) is 14.1. The molecular formula is C18H26N4S2. The molecule has 0 aromatic carbocycles. The minimum absolute atomic E-state index is 0.474. The fourth-order valence-electron chi connectivity index (χ4n) is 3.40. The zero-order valence-corrected chi connectivity index (χ0v) is 15.8. The van der Waals surface area contributed by atoms with Crippen molar-refractivity contribution in [1.29, 1.82) is 0 Å². The van der Waals surface area contributed by atoms with E-state index in [1.807, 2.05) is 11.3 Å². The molecule has 130 valence electrons. The third-order valence-electron chi connectivity index (χ3n) is 4.60. The fourth-order valence-corrected chi connectivity index (χ4v) is 5.09. The third kappa shape index (κ3) is 4.59. The summed E-state index contributed by atoms with van der Waals surface area (Å²) in [5.41, 5.74) is 6.06. The van der Waals surface area contributed by atoms with Gasteiger partial charge in [0.15, 0.2) is 5.96 Å². The Morgan fingerprint density at radius 1 is 1.33 bits per heavy atom. The fraction of sp³-hybridized carbons (Fsp3) is 0.500. The lowest BCUT2D eigenvalue weighted by molar-refractivity contribution is 0.128. The zero-order chi connectivity index (χ0) is 16.8. The van der Waals surface area contributed by atoms with Crippen molar-refractivity contribution in [2.24, 2.45) is 16.6 Å². The second-order valence-electron chi connectivity index (χ2n) is 6.33. The second kappa shape index (κ2) is 8.65. The molecule has 2 unspecified atom stereocenters. The maximum Gasteiger partial charge on any atom is 0.188 e. The summed E-state index contributed by atoms with van der Waals surface area (Å²) in [6.45, 7) is 2.80. The van der Waals surface area contributed by atoms with Crippen molar-refractivity contribution in [1.82, 2.24) is 10.2 Å². The third-order valence-corrected chi connectivity index (χ3v) is 6.47. The lowest BCUT2D eigenvalue weighted by Crippen LogP contribution is -2.38. The largest absolute Gasteiger partial charge is 0.370 e. The first kappa shape index (κ1) is 17.5. The molecule has 3 rings (SSSR count). The van der Waals surface area contributed by atoms with Gasteiger partial charge in [0.1, 0.15) is 0 Å². The van der Waals surface area contributed by atoms with Crippen LogP contribution in [0.3, 0.4) is 0 Å². The molecule has 4 nitrogen and oxygen atoms in total. The molecule has 0 aliphatic carbocycles. The molecule has 24 heavy (non-hydrogen) atoms. The number of nitrogens with two attached hydrogens (primary N) is 1. The van der Waals surface area contributed by atoms with Crippen LogP contribution in [-0.4, -0.2) is 37.5 Å². The van der Waals surface area contributed by atoms with E-state index in [-0.39, 0.29) is 0 Å². The molecule has 2 atom stereocenters. The Kier molecular flexibility index (Phi) is 6.29. The van der Waals surface area contributed by atoms with Gasteiger partial charge in [0.05, 0.1) is 0 Å². The van der Waals surface area contributed by atoms with E-state index in [0.717, 1.165) is 26.1 Å². The monoisotopic (exact) mass is 362 g/mol. The summed E-state index contributed by atoms with van der Waals surface area (Å²) < 4.78 is 0. The van der Waals surface area contributed by atoms with Crippen LogP contribution in [0.25, 0.3) is 0 Å². The van der Waals surface area contributed by atoms with Gasteiger partial charge in [-0.25, -0.2) is 0 Å². The molecule has 3 heterocycles. The van der Waals surface area contributed by atoms with Gasteiger partial charge in [-0.2, -0.15) is 0 Å². The number of aliphatic imine (C=N–C) groups is 1. The van der Waals surface area contributed by atoms with Crippen molar-refractivity contribution >= 4 is 28.6 Å². The molecule has 0 bridgehead atoms. The molecule has 1 saturated heterocycles. The predicted molar refractivity (Wildman–Crippen MR) is 105 cm³/mol. The minimum Gasteiger partial charge on any atom is -0.370 e. The summed E-state index contributed by atoms with van der Waals surface area (Å²) in [5, 5.41) is 7.52. The average molecular weight is 363 g/mol. The smallest absolute Gasteiger partial charge is 0.188 e.